The Morgan fingerprint density at radius 3 is 2.39 bits per heavy atom. The van der Waals surface area contributed by atoms with Crippen molar-refractivity contribution in [1.29, 1.82) is 0 Å². The first kappa shape index (κ1) is 20.8. The largest absolute Gasteiger partial charge is 0.360 e. The number of carbonyl (C=O) groups is 2. The molecule has 4 rings (SSSR count). The number of amides is 1. The molecule has 0 aliphatic carbocycles. The van der Waals surface area contributed by atoms with Crippen molar-refractivity contribution in [2.24, 2.45) is 0 Å². The van der Waals surface area contributed by atoms with Crippen molar-refractivity contribution >= 4 is 40.6 Å². The Morgan fingerprint density at radius 2 is 1.65 bits per heavy atom. The van der Waals surface area contributed by atoms with E-state index in [-0.39, 0.29) is 16.9 Å². The van der Waals surface area contributed by atoms with E-state index in [9.17, 15) is 9.59 Å². The predicted octanol–water partition coefficient (Wildman–Crippen LogP) is 6.44. The average molecular weight is 451 g/mol. The highest BCUT2D eigenvalue weighted by Crippen LogP contribution is 2.32. The topological polar surface area (TPSA) is 72.2 Å². The second-order valence-electron chi connectivity index (χ2n) is 6.78. The molecule has 0 saturated carbocycles. The average Bonchev–Trinajstić information content (AvgIpc) is 3.16. The summed E-state index contributed by atoms with van der Waals surface area (Å²) in [6, 6.07) is 20.5. The second kappa shape index (κ2) is 8.76. The molecule has 1 N–H and O–H groups in total. The lowest BCUT2D eigenvalue weighted by Gasteiger charge is -2.12. The van der Waals surface area contributed by atoms with Crippen molar-refractivity contribution in [3.8, 4) is 11.3 Å². The maximum Gasteiger partial charge on any atom is 0.261 e. The number of ketones is 1. The van der Waals surface area contributed by atoms with Crippen LogP contribution >= 0.6 is 23.2 Å². The summed E-state index contributed by atoms with van der Waals surface area (Å²) in [6.07, 6.45) is 0. The quantitative estimate of drug-likeness (QED) is 0.355. The minimum Gasteiger partial charge on any atom is -0.360 e. The lowest BCUT2D eigenvalue weighted by atomic mass is 10.0. The SMILES string of the molecule is Cc1onc(-c2ccccc2Cl)c1C(=O)Nc1ccc(Cl)cc1C(=O)c1ccccc1. The summed E-state index contributed by atoms with van der Waals surface area (Å²) in [5.74, 6) is -0.401. The maximum atomic E-state index is 13.2. The van der Waals surface area contributed by atoms with Crippen LogP contribution in [-0.4, -0.2) is 16.8 Å². The van der Waals surface area contributed by atoms with Gasteiger partial charge >= 0.3 is 0 Å². The van der Waals surface area contributed by atoms with Crippen LogP contribution in [0.25, 0.3) is 11.3 Å². The van der Waals surface area contributed by atoms with Crippen LogP contribution in [0.1, 0.15) is 32.0 Å². The van der Waals surface area contributed by atoms with E-state index < -0.39 is 5.91 Å². The molecule has 0 saturated heterocycles. The van der Waals surface area contributed by atoms with Crippen LogP contribution in [0, 0.1) is 6.92 Å². The van der Waals surface area contributed by atoms with Crippen molar-refractivity contribution < 1.29 is 14.1 Å². The van der Waals surface area contributed by atoms with Gasteiger partial charge in [0.05, 0.1) is 10.7 Å². The monoisotopic (exact) mass is 450 g/mol. The molecule has 0 spiro atoms. The number of halogens is 2. The van der Waals surface area contributed by atoms with Crippen molar-refractivity contribution in [2.75, 3.05) is 5.32 Å². The molecule has 0 aliphatic rings. The normalized spacial score (nSPS) is 10.7. The molecular weight excluding hydrogens is 435 g/mol. The smallest absolute Gasteiger partial charge is 0.261 e. The van der Waals surface area contributed by atoms with Gasteiger partial charge in [0, 0.05) is 21.7 Å². The van der Waals surface area contributed by atoms with E-state index in [0.717, 1.165) is 0 Å². The number of hydrogen-bond acceptors (Lipinski definition) is 4. The molecule has 31 heavy (non-hydrogen) atoms. The number of nitrogens with one attached hydrogen (secondary N) is 1. The van der Waals surface area contributed by atoms with Gasteiger partial charge in [-0.15, -0.1) is 0 Å². The summed E-state index contributed by atoms with van der Waals surface area (Å²) in [5.41, 5.74) is 2.22. The zero-order chi connectivity index (χ0) is 22.0. The van der Waals surface area contributed by atoms with Gasteiger partial charge in [0.25, 0.3) is 5.91 Å². The molecule has 1 aromatic heterocycles. The molecule has 0 fully saturated rings. The molecule has 1 heterocycles. The van der Waals surface area contributed by atoms with Crippen LogP contribution in [-0.2, 0) is 0 Å². The molecule has 0 aliphatic heterocycles. The standard InChI is InChI=1S/C24H16Cl2N2O3/c1-14-21(22(28-31-14)17-9-5-6-10-19(17)26)24(30)27-20-12-11-16(25)13-18(20)23(29)15-7-3-2-4-8-15/h2-13H,1H3,(H,27,30). The van der Waals surface area contributed by atoms with E-state index in [4.69, 9.17) is 27.7 Å². The zero-order valence-electron chi connectivity index (χ0n) is 16.4. The maximum absolute atomic E-state index is 13.2. The zero-order valence-corrected chi connectivity index (χ0v) is 17.9. The van der Waals surface area contributed by atoms with Gasteiger partial charge < -0.3 is 9.84 Å². The Labute approximate surface area is 188 Å². The number of carbonyl (C=O) groups excluding carboxylic acids is 2. The Hall–Kier alpha value is -3.41. The predicted molar refractivity (Wildman–Crippen MR) is 121 cm³/mol. The van der Waals surface area contributed by atoms with Gasteiger partial charge in [0.1, 0.15) is 17.0 Å². The third-order valence-corrected chi connectivity index (χ3v) is 5.29. The van der Waals surface area contributed by atoms with Crippen LogP contribution in [0.4, 0.5) is 5.69 Å². The molecule has 154 valence electrons. The van der Waals surface area contributed by atoms with Crippen LogP contribution in [0.15, 0.2) is 77.3 Å². The van der Waals surface area contributed by atoms with Gasteiger partial charge in [-0.25, -0.2) is 0 Å². The molecule has 0 unspecified atom stereocenters. The minimum atomic E-state index is -0.474. The minimum absolute atomic E-state index is 0.237. The van der Waals surface area contributed by atoms with E-state index in [1.165, 1.54) is 6.07 Å². The summed E-state index contributed by atoms with van der Waals surface area (Å²) < 4.78 is 5.27. The van der Waals surface area contributed by atoms with Crippen LogP contribution in [0.2, 0.25) is 10.0 Å². The molecule has 0 radical (unpaired) electrons. The first-order valence-electron chi connectivity index (χ1n) is 9.37. The van der Waals surface area contributed by atoms with Gasteiger partial charge in [-0.3, -0.25) is 9.59 Å². The lowest BCUT2D eigenvalue weighted by molar-refractivity contribution is 0.102. The summed E-state index contributed by atoms with van der Waals surface area (Å²) in [6.45, 7) is 1.64. The number of hydrogen-bond donors (Lipinski definition) is 1. The van der Waals surface area contributed by atoms with Gasteiger partial charge in [0.2, 0.25) is 0 Å². The number of aryl methyl sites for hydroxylation is 1. The number of nitrogens with zero attached hydrogens (tertiary/aromatic N) is 1. The van der Waals surface area contributed by atoms with Gasteiger partial charge in [-0.2, -0.15) is 0 Å². The van der Waals surface area contributed by atoms with Gasteiger partial charge in [-0.05, 0) is 31.2 Å². The van der Waals surface area contributed by atoms with Crippen molar-refractivity contribution in [1.82, 2.24) is 5.16 Å². The van der Waals surface area contributed by atoms with Gasteiger partial charge in [0.15, 0.2) is 5.78 Å². The van der Waals surface area contributed by atoms with E-state index in [0.29, 0.717) is 38.3 Å². The van der Waals surface area contributed by atoms with Crippen molar-refractivity contribution in [3.05, 3.63) is 105 Å². The summed E-state index contributed by atoms with van der Waals surface area (Å²) in [7, 11) is 0. The molecule has 7 heteroatoms. The van der Waals surface area contributed by atoms with Crippen molar-refractivity contribution in [3.63, 3.8) is 0 Å². The van der Waals surface area contributed by atoms with Gasteiger partial charge in [-0.1, -0.05) is 76.9 Å². The van der Waals surface area contributed by atoms with E-state index in [2.05, 4.69) is 10.5 Å². The first-order valence-corrected chi connectivity index (χ1v) is 10.1. The lowest BCUT2D eigenvalue weighted by Crippen LogP contribution is -2.16. The van der Waals surface area contributed by atoms with Crippen LogP contribution in [0.5, 0.6) is 0 Å². The van der Waals surface area contributed by atoms with E-state index in [1.54, 1.807) is 67.6 Å². The summed E-state index contributed by atoms with van der Waals surface area (Å²) in [5, 5.41) is 7.65. The van der Waals surface area contributed by atoms with E-state index in [1.807, 2.05) is 6.07 Å². The van der Waals surface area contributed by atoms with Crippen molar-refractivity contribution in [2.45, 2.75) is 6.92 Å². The molecule has 5 nitrogen and oxygen atoms in total. The third-order valence-electron chi connectivity index (χ3n) is 4.73. The highest BCUT2D eigenvalue weighted by Gasteiger charge is 2.24. The highest BCUT2D eigenvalue weighted by molar-refractivity contribution is 6.33. The molecule has 3 aromatic carbocycles. The van der Waals surface area contributed by atoms with Crippen LogP contribution < -0.4 is 5.32 Å². The Balaban J connectivity index is 1.72. The molecule has 0 bridgehead atoms. The Kier molecular flexibility index (Phi) is 5.89. The van der Waals surface area contributed by atoms with Crippen LogP contribution in [0.3, 0.4) is 0 Å². The fourth-order valence-corrected chi connectivity index (χ4v) is 3.62. The van der Waals surface area contributed by atoms with E-state index >= 15 is 0 Å². The number of rotatable bonds is 5. The highest BCUT2D eigenvalue weighted by atomic mass is 35.5. The molecule has 4 aromatic rings. The molecule has 0 atom stereocenters. The Morgan fingerprint density at radius 1 is 0.935 bits per heavy atom. The number of anilines is 1. The molecular formula is C24H16Cl2N2O3. The fraction of sp³-hybridized carbons (Fsp3) is 0.0417. The summed E-state index contributed by atoms with van der Waals surface area (Å²) >= 11 is 12.4. The fourth-order valence-electron chi connectivity index (χ4n) is 3.22. The Bertz CT molecular complexity index is 1280. The summed E-state index contributed by atoms with van der Waals surface area (Å²) in [4.78, 5) is 26.2. The third kappa shape index (κ3) is 4.24. The first-order chi connectivity index (χ1) is 15.0. The number of benzene rings is 3. The molecule has 1 amide bonds. The number of aromatic nitrogens is 1. The second-order valence-corrected chi connectivity index (χ2v) is 7.63.